The number of oxazole rings is 1. The number of carbonyl (C=O) groups excluding carboxylic acids is 1. The highest BCUT2D eigenvalue weighted by atomic mass is 32.2. The van der Waals surface area contributed by atoms with E-state index in [1.54, 1.807) is 31.3 Å². The van der Waals surface area contributed by atoms with E-state index in [0.717, 1.165) is 36.6 Å². The van der Waals surface area contributed by atoms with Crippen LogP contribution in [0, 0.1) is 6.92 Å². The summed E-state index contributed by atoms with van der Waals surface area (Å²) >= 11 is 6.29. The minimum absolute atomic E-state index is 0.0789. The van der Waals surface area contributed by atoms with E-state index in [1.807, 2.05) is 11.8 Å². The second-order valence-electron chi connectivity index (χ2n) is 7.27. The molecule has 158 valence electrons. The van der Waals surface area contributed by atoms with Gasteiger partial charge in [-0.25, -0.2) is 8.42 Å². The highest BCUT2D eigenvalue weighted by Crippen LogP contribution is 2.36. The lowest BCUT2D eigenvalue weighted by molar-refractivity contribution is -0.121. The molecule has 0 spiro atoms. The van der Waals surface area contributed by atoms with Crippen molar-refractivity contribution >= 4 is 56.0 Å². The molecule has 2 saturated heterocycles. The first-order chi connectivity index (χ1) is 14.3. The summed E-state index contributed by atoms with van der Waals surface area (Å²) in [5, 5.41) is -0.119. The number of rotatable bonds is 4. The van der Waals surface area contributed by atoms with Crippen LogP contribution in [0.3, 0.4) is 0 Å². The van der Waals surface area contributed by atoms with Crippen molar-refractivity contribution in [1.29, 1.82) is 0 Å². The number of aryl methyl sites for hydroxylation is 1. The molecule has 2 fully saturated rings. The maximum absolute atomic E-state index is 13.4. The molecule has 4 rings (SSSR count). The van der Waals surface area contributed by atoms with Crippen LogP contribution in [0.15, 0.2) is 43.5 Å². The second-order valence-corrected chi connectivity index (χ2v) is 10.8. The molecule has 0 unspecified atom stereocenters. The van der Waals surface area contributed by atoms with Crippen LogP contribution in [0.4, 0.5) is 5.88 Å². The summed E-state index contributed by atoms with van der Waals surface area (Å²) in [6.07, 6.45) is 4.46. The van der Waals surface area contributed by atoms with E-state index in [1.165, 1.54) is 11.0 Å². The van der Waals surface area contributed by atoms with Gasteiger partial charge in [0.25, 0.3) is 5.91 Å². The quantitative estimate of drug-likeness (QED) is 0.502. The summed E-state index contributed by atoms with van der Waals surface area (Å²) in [6.45, 7) is 3.29. The molecule has 1 aromatic carbocycles. The molecule has 0 atom stereocenters. The number of thioether (sulfide) groups is 1. The molecule has 2 aromatic rings. The topological polar surface area (TPSA) is 83.7 Å². The van der Waals surface area contributed by atoms with Gasteiger partial charge in [-0.05, 0) is 38.3 Å². The summed E-state index contributed by atoms with van der Waals surface area (Å²) < 4.78 is 33.0. The molecule has 2 aliphatic heterocycles. The molecule has 30 heavy (non-hydrogen) atoms. The number of thiocarbonyl (C=S) groups is 1. The van der Waals surface area contributed by atoms with Crippen LogP contribution in [-0.4, -0.2) is 48.7 Å². The molecule has 3 heterocycles. The van der Waals surface area contributed by atoms with Crippen molar-refractivity contribution in [2.75, 3.05) is 25.0 Å². The summed E-state index contributed by atoms with van der Waals surface area (Å²) in [7, 11) is -2.29. The number of hydrogen-bond donors (Lipinski definition) is 0. The van der Waals surface area contributed by atoms with Crippen LogP contribution in [0.25, 0.3) is 6.08 Å². The van der Waals surface area contributed by atoms with Gasteiger partial charge >= 0.3 is 0 Å². The first-order valence-corrected chi connectivity index (χ1v) is 12.3. The number of likely N-dealkylation sites (N-methyl/N-ethyl adjacent to an activating group) is 1. The Balaban J connectivity index is 1.80. The zero-order valence-electron chi connectivity index (χ0n) is 16.6. The summed E-state index contributed by atoms with van der Waals surface area (Å²) in [6, 6.07) is 6.64. The molecule has 1 amide bonds. The third-order valence-corrected chi connectivity index (χ3v) is 8.22. The fourth-order valence-corrected chi connectivity index (χ4v) is 5.81. The Morgan fingerprint density at radius 1 is 1.17 bits per heavy atom. The Bertz CT molecular complexity index is 1130. The number of aromatic nitrogens is 1. The van der Waals surface area contributed by atoms with E-state index in [4.69, 9.17) is 16.6 Å². The monoisotopic (exact) mass is 463 g/mol. The van der Waals surface area contributed by atoms with E-state index >= 15 is 0 Å². The lowest BCUT2D eigenvalue weighted by Crippen LogP contribution is -2.30. The van der Waals surface area contributed by atoms with E-state index in [-0.39, 0.29) is 27.6 Å². The molecular formula is C20H21N3O4S3. The largest absolute Gasteiger partial charge is 0.420 e. The molecular weight excluding hydrogens is 442 g/mol. The van der Waals surface area contributed by atoms with Gasteiger partial charge in [-0.2, -0.15) is 4.98 Å². The Morgan fingerprint density at radius 2 is 1.83 bits per heavy atom. The summed E-state index contributed by atoms with van der Waals surface area (Å²) in [5.74, 6) is 0.0503. The maximum atomic E-state index is 13.4. The summed E-state index contributed by atoms with van der Waals surface area (Å²) in [4.78, 5) is 20.4. The minimum Gasteiger partial charge on any atom is -0.420 e. The van der Waals surface area contributed by atoms with Crippen molar-refractivity contribution in [1.82, 2.24) is 9.88 Å². The third kappa shape index (κ3) is 3.91. The van der Waals surface area contributed by atoms with Crippen molar-refractivity contribution < 1.29 is 17.6 Å². The van der Waals surface area contributed by atoms with Gasteiger partial charge in [-0.1, -0.05) is 41.7 Å². The van der Waals surface area contributed by atoms with Gasteiger partial charge < -0.3 is 9.32 Å². The Kier molecular flexibility index (Phi) is 5.73. The van der Waals surface area contributed by atoms with Crippen molar-refractivity contribution in [3.8, 4) is 0 Å². The molecule has 0 N–H and O–H groups in total. The highest BCUT2D eigenvalue weighted by Gasteiger charge is 2.33. The number of piperidine rings is 1. The normalized spacial score (nSPS) is 19.2. The van der Waals surface area contributed by atoms with Crippen LogP contribution in [0.1, 0.15) is 30.7 Å². The fraction of sp³-hybridized carbons (Fsp3) is 0.350. The Morgan fingerprint density at radius 3 is 2.43 bits per heavy atom. The molecule has 0 aliphatic carbocycles. The van der Waals surface area contributed by atoms with Crippen LogP contribution in [-0.2, 0) is 14.6 Å². The maximum Gasteiger partial charge on any atom is 0.266 e. The SMILES string of the molecule is Cc1ccc(S(=O)(=O)c2nc(/C=C3/SC(=S)N(C)C3=O)oc2N2CCCCC2)cc1. The van der Waals surface area contributed by atoms with Crippen molar-refractivity contribution in [3.05, 3.63) is 40.6 Å². The first-order valence-electron chi connectivity index (χ1n) is 9.56. The number of amides is 1. The van der Waals surface area contributed by atoms with E-state index in [9.17, 15) is 13.2 Å². The zero-order valence-corrected chi connectivity index (χ0v) is 19.1. The number of benzene rings is 1. The van der Waals surface area contributed by atoms with Crippen molar-refractivity contribution in [3.63, 3.8) is 0 Å². The van der Waals surface area contributed by atoms with E-state index in [0.29, 0.717) is 22.3 Å². The number of anilines is 1. The smallest absolute Gasteiger partial charge is 0.266 e. The van der Waals surface area contributed by atoms with Gasteiger partial charge in [0.05, 0.1) is 9.80 Å². The van der Waals surface area contributed by atoms with Gasteiger partial charge in [0.15, 0.2) is 0 Å². The predicted molar refractivity (Wildman–Crippen MR) is 120 cm³/mol. The highest BCUT2D eigenvalue weighted by molar-refractivity contribution is 8.26. The molecule has 0 radical (unpaired) electrons. The van der Waals surface area contributed by atoms with Crippen LogP contribution >= 0.6 is 24.0 Å². The number of sulfone groups is 1. The average molecular weight is 464 g/mol. The molecule has 0 bridgehead atoms. The van der Waals surface area contributed by atoms with Gasteiger partial charge in [0.2, 0.25) is 26.6 Å². The lowest BCUT2D eigenvalue weighted by atomic mass is 10.1. The first kappa shape index (κ1) is 21.1. The van der Waals surface area contributed by atoms with Gasteiger partial charge in [0.1, 0.15) is 4.32 Å². The second kappa shape index (κ2) is 8.16. The predicted octanol–water partition coefficient (Wildman–Crippen LogP) is 3.64. The number of hydrogen-bond acceptors (Lipinski definition) is 8. The van der Waals surface area contributed by atoms with Crippen molar-refractivity contribution in [2.24, 2.45) is 0 Å². The Labute approximate surface area is 185 Å². The van der Waals surface area contributed by atoms with Gasteiger partial charge in [-0.15, -0.1) is 0 Å². The van der Waals surface area contributed by atoms with Gasteiger partial charge in [0, 0.05) is 26.2 Å². The molecule has 7 nitrogen and oxygen atoms in total. The standard InChI is InChI=1S/C20H21N3O4S3/c1-13-6-8-14(9-7-13)30(25,26)17-19(23-10-4-3-5-11-23)27-16(21-17)12-15-18(24)22(2)20(28)29-15/h6-9,12H,3-5,10-11H2,1-2H3/b15-12+. The molecule has 0 saturated carbocycles. The molecule has 2 aliphatic rings. The average Bonchev–Trinajstić information content (AvgIpc) is 3.27. The van der Waals surface area contributed by atoms with Crippen LogP contribution in [0.5, 0.6) is 0 Å². The number of carbonyl (C=O) groups is 1. The zero-order chi connectivity index (χ0) is 21.5. The number of nitrogens with zero attached hydrogens (tertiary/aromatic N) is 3. The Hall–Kier alpha value is -2.17. The lowest BCUT2D eigenvalue weighted by Gasteiger charge is -2.26. The fourth-order valence-electron chi connectivity index (χ4n) is 3.33. The van der Waals surface area contributed by atoms with Crippen molar-refractivity contribution in [2.45, 2.75) is 36.1 Å². The van der Waals surface area contributed by atoms with Crippen LogP contribution in [0.2, 0.25) is 0 Å². The molecule has 1 aromatic heterocycles. The van der Waals surface area contributed by atoms with Crippen LogP contribution < -0.4 is 4.90 Å². The van der Waals surface area contributed by atoms with E-state index < -0.39 is 9.84 Å². The van der Waals surface area contributed by atoms with Gasteiger partial charge in [-0.3, -0.25) is 9.69 Å². The third-order valence-electron chi connectivity index (χ3n) is 5.07. The molecule has 10 heteroatoms. The summed E-state index contributed by atoms with van der Waals surface area (Å²) in [5.41, 5.74) is 0.965. The minimum atomic E-state index is -3.89. The van der Waals surface area contributed by atoms with E-state index in [2.05, 4.69) is 4.98 Å².